The van der Waals surface area contributed by atoms with E-state index >= 15 is 0 Å². The van der Waals surface area contributed by atoms with E-state index in [-0.39, 0.29) is 12.4 Å². The van der Waals surface area contributed by atoms with Gasteiger partial charge in [0.1, 0.15) is 0 Å². The van der Waals surface area contributed by atoms with Gasteiger partial charge in [0.15, 0.2) is 14.6 Å². The standard InChI is InChI=1S/C25H42O3Si/c1-6-10-11-12-13-22-20-21(5)14-15-23(22)24(16-17-25-26-18-19-27-25)28-29(7-2,8-3)9-4/h6,10-13,16-17,21-25H,1,7-9,14-15,18-20H2,2-5H3/b11-10+,13-12+,17-16+/t21-,22-,23-,24-/m1/s1. The molecule has 1 aliphatic carbocycles. The number of hydrogen-bond donors (Lipinski definition) is 0. The molecule has 2 aliphatic rings. The van der Waals surface area contributed by atoms with E-state index in [9.17, 15) is 0 Å². The Morgan fingerprint density at radius 3 is 2.31 bits per heavy atom. The van der Waals surface area contributed by atoms with Crippen LogP contribution in [0.3, 0.4) is 0 Å². The van der Waals surface area contributed by atoms with Crippen molar-refractivity contribution in [2.45, 2.75) is 77.5 Å². The minimum Gasteiger partial charge on any atom is -0.410 e. The quantitative estimate of drug-likeness (QED) is 0.213. The molecule has 0 spiro atoms. The van der Waals surface area contributed by atoms with Crippen molar-refractivity contribution >= 4 is 8.32 Å². The number of rotatable bonds is 11. The number of ether oxygens (including phenoxy) is 2. The van der Waals surface area contributed by atoms with Crippen molar-refractivity contribution in [1.82, 2.24) is 0 Å². The van der Waals surface area contributed by atoms with E-state index in [0.717, 1.165) is 5.92 Å². The van der Waals surface area contributed by atoms with Gasteiger partial charge >= 0.3 is 0 Å². The van der Waals surface area contributed by atoms with E-state index in [1.165, 1.54) is 37.4 Å². The Morgan fingerprint density at radius 1 is 1.00 bits per heavy atom. The normalized spacial score (nSPS) is 28.1. The highest BCUT2D eigenvalue weighted by molar-refractivity contribution is 6.73. The topological polar surface area (TPSA) is 27.7 Å². The van der Waals surface area contributed by atoms with Crippen LogP contribution < -0.4 is 0 Å². The average molecular weight is 419 g/mol. The first-order valence-corrected chi connectivity index (χ1v) is 14.2. The van der Waals surface area contributed by atoms with Crippen molar-refractivity contribution in [2.24, 2.45) is 17.8 Å². The van der Waals surface area contributed by atoms with Gasteiger partial charge < -0.3 is 13.9 Å². The van der Waals surface area contributed by atoms with Gasteiger partial charge in [-0.2, -0.15) is 0 Å². The molecule has 0 N–H and O–H groups in total. The van der Waals surface area contributed by atoms with Gasteiger partial charge in [-0.1, -0.05) is 77.2 Å². The van der Waals surface area contributed by atoms with Crippen molar-refractivity contribution in [3.8, 4) is 0 Å². The van der Waals surface area contributed by atoms with E-state index in [0.29, 0.717) is 25.0 Å². The molecule has 0 bridgehead atoms. The molecule has 1 saturated heterocycles. The molecule has 3 nitrogen and oxygen atoms in total. The first-order valence-electron chi connectivity index (χ1n) is 11.6. The lowest BCUT2D eigenvalue weighted by Gasteiger charge is -2.41. The lowest BCUT2D eigenvalue weighted by Crippen LogP contribution is -2.44. The molecule has 164 valence electrons. The monoisotopic (exact) mass is 418 g/mol. The fraction of sp³-hybridized carbons (Fsp3) is 0.680. The van der Waals surface area contributed by atoms with Crippen LogP contribution in [0.15, 0.2) is 49.1 Å². The molecule has 1 heterocycles. The van der Waals surface area contributed by atoms with Crippen molar-refractivity contribution in [2.75, 3.05) is 13.2 Å². The summed E-state index contributed by atoms with van der Waals surface area (Å²) in [7, 11) is -1.72. The van der Waals surface area contributed by atoms with Gasteiger partial charge in [-0.25, -0.2) is 0 Å². The first kappa shape index (κ1) is 24.3. The fourth-order valence-electron chi connectivity index (χ4n) is 4.67. The summed E-state index contributed by atoms with van der Waals surface area (Å²) >= 11 is 0. The second-order valence-electron chi connectivity index (χ2n) is 8.57. The molecular formula is C25H42O3Si. The van der Waals surface area contributed by atoms with E-state index < -0.39 is 8.32 Å². The van der Waals surface area contributed by atoms with Crippen molar-refractivity contribution in [1.29, 1.82) is 0 Å². The number of hydrogen-bond acceptors (Lipinski definition) is 3. The van der Waals surface area contributed by atoms with Crippen molar-refractivity contribution in [3.63, 3.8) is 0 Å². The summed E-state index contributed by atoms with van der Waals surface area (Å²) in [5, 5.41) is 0. The van der Waals surface area contributed by atoms with Gasteiger partial charge in [-0.15, -0.1) is 0 Å². The average Bonchev–Trinajstić information content (AvgIpc) is 3.26. The molecule has 0 aromatic heterocycles. The van der Waals surface area contributed by atoms with Gasteiger partial charge in [0.25, 0.3) is 0 Å². The van der Waals surface area contributed by atoms with Crippen molar-refractivity contribution in [3.05, 3.63) is 49.1 Å². The zero-order valence-corrected chi connectivity index (χ0v) is 20.0. The summed E-state index contributed by atoms with van der Waals surface area (Å²) < 4.78 is 18.4. The molecule has 4 heteroatoms. The minimum atomic E-state index is -1.72. The molecule has 2 rings (SSSR count). The fourth-order valence-corrected chi connectivity index (χ4v) is 7.50. The van der Waals surface area contributed by atoms with Crippen LogP contribution in [0.2, 0.25) is 18.1 Å². The predicted octanol–water partition coefficient (Wildman–Crippen LogP) is 6.66. The van der Waals surface area contributed by atoms with Crippen LogP contribution in [0.4, 0.5) is 0 Å². The molecule has 2 fully saturated rings. The molecule has 0 unspecified atom stereocenters. The first-order chi connectivity index (χ1) is 14.1. The van der Waals surface area contributed by atoms with Crippen LogP contribution in [0, 0.1) is 17.8 Å². The lowest BCUT2D eigenvalue weighted by atomic mass is 9.72. The van der Waals surface area contributed by atoms with Crippen LogP contribution in [-0.2, 0) is 13.9 Å². The third-order valence-corrected chi connectivity index (χ3v) is 11.4. The molecule has 0 amide bonds. The minimum absolute atomic E-state index is 0.139. The second kappa shape index (κ2) is 12.7. The second-order valence-corrected chi connectivity index (χ2v) is 13.3. The van der Waals surface area contributed by atoms with Crippen LogP contribution in [0.1, 0.15) is 47.0 Å². The number of allylic oxidation sites excluding steroid dienone is 5. The third kappa shape index (κ3) is 7.36. The van der Waals surface area contributed by atoms with Gasteiger partial charge in [0.05, 0.1) is 19.3 Å². The SMILES string of the molecule is C=C/C=C/C=C/[C@@H]1C[C@H](C)CC[C@H]1[C@@H](/C=C/C1OCCO1)O[Si](CC)(CC)CC. The highest BCUT2D eigenvalue weighted by Gasteiger charge is 2.38. The lowest BCUT2D eigenvalue weighted by molar-refractivity contribution is -0.00308. The molecule has 4 atom stereocenters. The largest absolute Gasteiger partial charge is 0.410 e. The highest BCUT2D eigenvalue weighted by Crippen LogP contribution is 2.40. The van der Waals surface area contributed by atoms with Gasteiger partial charge in [-0.3, -0.25) is 0 Å². The smallest absolute Gasteiger partial charge is 0.192 e. The van der Waals surface area contributed by atoms with Crippen LogP contribution in [0.5, 0.6) is 0 Å². The summed E-state index contributed by atoms with van der Waals surface area (Å²) in [6.45, 7) is 14.4. The zero-order valence-electron chi connectivity index (χ0n) is 19.0. The Hall–Kier alpha value is -0.943. The van der Waals surface area contributed by atoms with Crippen LogP contribution in [-0.4, -0.2) is 33.9 Å². The van der Waals surface area contributed by atoms with Crippen molar-refractivity contribution < 1.29 is 13.9 Å². The van der Waals surface area contributed by atoms with E-state index in [4.69, 9.17) is 13.9 Å². The molecule has 1 saturated carbocycles. The maximum Gasteiger partial charge on any atom is 0.192 e. The summed E-state index contributed by atoms with van der Waals surface area (Å²) in [4.78, 5) is 0. The van der Waals surface area contributed by atoms with Gasteiger partial charge in [0, 0.05) is 0 Å². The van der Waals surface area contributed by atoms with Crippen LogP contribution >= 0.6 is 0 Å². The summed E-state index contributed by atoms with van der Waals surface area (Å²) in [5.74, 6) is 1.81. The molecule has 29 heavy (non-hydrogen) atoms. The Labute approximate surface area is 180 Å². The highest BCUT2D eigenvalue weighted by atomic mass is 28.4. The summed E-state index contributed by atoms with van der Waals surface area (Å²) in [6, 6.07) is 3.52. The summed E-state index contributed by atoms with van der Waals surface area (Å²) in [5.41, 5.74) is 0. The van der Waals surface area contributed by atoms with E-state index in [1.54, 1.807) is 0 Å². The molecule has 0 aromatic carbocycles. The predicted molar refractivity (Wildman–Crippen MR) is 125 cm³/mol. The Morgan fingerprint density at radius 2 is 1.69 bits per heavy atom. The Balaban J connectivity index is 2.25. The van der Waals surface area contributed by atoms with E-state index in [2.05, 4.69) is 64.7 Å². The third-order valence-electron chi connectivity index (χ3n) is 6.78. The zero-order chi connectivity index (χ0) is 21.1. The molecule has 0 radical (unpaired) electrons. The Bertz CT molecular complexity index is 550. The van der Waals surface area contributed by atoms with E-state index in [1.807, 2.05) is 12.2 Å². The maximum absolute atomic E-state index is 7.05. The van der Waals surface area contributed by atoms with Crippen LogP contribution in [0.25, 0.3) is 0 Å². The van der Waals surface area contributed by atoms with Gasteiger partial charge in [-0.05, 0) is 54.8 Å². The van der Waals surface area contributed by atoms with Gasteiger partial charge in [0.2, 0.25) is 0 Å². The molecule has 1 aliphatic heterocycles. The Kier molecular flexibility index (Phi) is 10.6. The summed E-state index contributed by atoms with van der Waals surface area (Å²) in [6.07, 6.45) is 18.5. The molecular weight excluding hydrogens is 376 g/mol. The molecule has 0 aromatic rings. The maximum atomic E-state index is 7.05.